The van der Waals surface area contributed by atoms with E-state index in [2.05, 4.69) is 31.8 Å². The molecule has 1 nitrogen and oxygen atoms in total. The summed E-state index contributed by atoms with van der Waals surface area (Å²) in [5, 5.41) is 4.14. The van der Waals surface area contributed by atoms with Crippen LogP contribution < -0.4 is 5.32 Å². The maximum Gasteiger partial charge on any atom is 0.0408 e. The van der Waals surface area contributed by atoms with Crippen molar-refractivity contribution >= 4 is 11.6 Å². The van der Waals surface area contributed by atoms with E-state index in [-0.39, 0.29) is 0 Å². The molecule has 0 spiro atoms. The molecule has 88 valence electrons. The van der Waals surface area contributed by atoms with Gasteiger partial charge in [-0.05, 0) is 50.1 Å². The van der Waals surface area contributed by atoms with E-state index in [0.29, 0.717) is 6.04 Å². The van der Waals surface area contributed by atoms with E-state index in [4.69, 9.17) is 11.6 Å². The molecule has 0 aliphatic heterocycles. The molecule has 0 bridgehead atoms. The maximum atomic E-state index is 5.96. The standard InChI is InChI=1S/C14H20ClN/c1-5-10(2)8-14(16-4)13-7-6-12(15)9-11(13)3/h6-7,9,14,16H,2,5,8H2,1,3-4H3. The summed E-state index contributed by atoms with van der Waals surface area (Å²) < 4.78 is 0. The first-order valence-electron chi connectivity index (χ1n) is 5.68. The number of hydrogen-bond donors (Lipinski definition) is 1. The van der Waals surface area contributed by atoms with Crippen molar-refractivity contribution in [1.29, 1.82) is 0 Å². The van der Waals surface area contributed by atoms with Crippen molar-refractivity contribution in [2.24, 2.45) is 0 Å². The fourth-order valence-corrected chi connectivity index (χ4v) is 2.06. The lowest BCUT2D eigenvalue weighted by atomic mass is 9.95. The summed E-state index contributed by atoms with van der Waals surface area (Å²) in [6.07, 6.45) is 2.01. The third-order valence-electron chi connectivity index (χ3n) is 2.95. The van der Waals surface area contributed by atoms with E-state index < -0.39 is 0 Å². The predicted octanol–water partition coefficient (Wildman–Crippen LogP) is 4.27. The van der Waals surface area contributed by atoms with E-state index in [1.807, 2.05) is 19.2 Å². The minimum absolute atomic E-state index is 0.338. The zero-order valence-electron chi connectivity index (χ0n) is 10.3. The molecular weight excluding hydrogens is 218 g/mol. The Hall–Kier alpha value is -0.790. The van der Waals surface area contributed by atoms with Crippen LogP contribution in [0.1, 0.15) is 36.9 Å². The van der Waals surface area contributed by atoms with Gasteiger partial charge in [0.05, 0.1) is 0 Å². The van der Waals surface area contributed by atoms with Crippen LogP contribution in [0.2, 0.25) is 5.02 Å². The molecule has 0 saturated heterocycles. The summed E-state index contributed by atoms with van der Waals surface area (Å²) in [6, 6.07) is 6.39. The number of halogens is 1. The predicted molar refractivity (Wildman–Crippen MR) is 72.0 cm³/mol. The smallest absolute Gasteiger partial charge is 0.0408 e. The fraction of sp³-hybridized carbons (Fsp3) is 0.429. The van der Waals surface area contributed by atoms with Gasteiger partial charge in [-0.25, -0.2) is 0 Å². The van der Waals surface area contributed by atoms with Crippen molar-refractivity contribution in [2.45, 2.75) is 32.7 Å². The van der Waals surface area contributed by atoms with Crippen LogP contribution in [-0.2, 0) is 0 Å². The van der Waals surface area contributed by atoms with Gasteiger partial charge in [0.2, 0.25) is 0 Å². The summed E-state index contributed by atoms with van der Waals surface area (Å²) >= 11 is 5.96. The van der Waals surface area contributed by atoms with Crippen molar-refractivity contribution in [2.75, 3.05) is 7.05 Å². The number of aryl methyl sites for hydroxylation is 1. The Bertz CT molecular complexity index is 371. The van der Waals surface area contributed by atoms with Gasteiger partial charge in [-0.15, -0.1) is 0 Å². The minimum Gasteiger partial charge on any atom is -0.313 e. The average Bonchev–Trinajstić information content (AvgIpc) is 2.26. The SMILES string of the molecule is C=C(CC)CC(NC)c1ccc(Cl)cc1C. The lowest BCUT2D eigenvalue weighted by molar-refractivity contribution is 0.580. The highest BCUT2D eigenvalue weighted by Gasteiger charge is 2.12. The first-order valence-corrected chi connectivity index (χ1v) is 6.06. The van der Waals surface area contributed by atoms with Crippen molar-refractivity contribution < 1.29 is 0 Å². The average molecular weight is 238 g/mol. The summed E-state index contributed by atoms with van der Waals surface area (Å²) in [5.74, 6) is 0. The molecule has 1 aromatic carbocycles. The molecule has 0 radical (unpaired) electrons. The van der Waals surface area contributed by atoms with Gasteiger partial charge >= 0.3 is 0 Å². The zero-order chi connectivity index (χ0) is 12.1. The molecule has 1 rings (SSSR count). The van der Waals surface area contributed by atoms with Crippen LogP contribution in [0.5, 0.6) is 0 Å². The highest BCUT2D eigenvalue weighted by atomic mass is 35.5. The Labute approximate surface area is 104 Å². The molecule has 1 unspecified atom stereocenters. The Morgan fingerprint density at radius 3 is 2.69 bits per heavy atom. The Kier molecular flexibility index (Phi) is 5.04. The summed E-state index contributed by atoms with van der Waals surface area (Å²) in [5.41, 5.74) is 3.81. The number of benzene rings is 1. The van der Waals surface area contributed by atoms with Crippen LogP contribution in [-0.4, -0.2) is 7.05 Å². The van der Waals surface area contributed by atoms with Crippen molar-refractivity contribution in [1.82, 2.24) is 5.32 Å². The highest BCUT2D eigenvalue weighted by Crippen LogP contribution is 2.26. The second-order valence-corrected chi connectivity index (χ2v) is 4.59. The third-order valence-corrected chi connectivity index (χ3v) is 3.18. The van der Waals surface area contributed by atoms with Gasteiger partial charge in [0, 0.05) is 11.1 Å². The van der Waals surface area contributed by atoms with Crippen LogP contribution in [0.15, 0.2) is 30.4 Å². The second-order valence-electron chi connectivity index (χ2n) is 4.15. The van der Waals surface area contributed by atoms with Gasteiger partial charge in [-0.2, -0.15) is 0 Å². The van der Waals surface area contributed by atoms with Crippen molar-refractivity contribution in [3.8, 4) is 0 Å². The van der Waals surface area contributed by atoms with Crippen molar-refractivity contribution in [3.63, 3.8) is 0 Å². The summed E-state index contributed by atoms with van der Waals surface area (Å²) in [4.78, 5) is 0. The van der Waals surface area contributed by atoms with Gasteiger partial charge in [0.25, 0.3) is 0 Å². The topological polar surface area (TPSA) is 12.0 Å². The molecule has 0 amide bonds. The van der Waals surface area contributed by atoms with Crippen LogP contribution in [0.25, 0.3) is 0 Å². The normalized spacial score (nSPS) is 12.5. The molecule has 0 fully saturated rings. The quantitative estimate of drug-likeness (QED) is 0.755. The van der Waals surface area contributed by atoms with E-state index in [1.54, 1.807) is 0 Å². The zero-order valence-corrected chi connectivity index (χ0v) is 11.1. The van der Waals surface area contributed by atoms with Gasteiger partial charge < -0.3 is 5.32 Å². The van der Waals surface area contributed by atoms with Gasteiger partial charge in [0.15, 0.2) is 0 Å². The number of nitrogens with one attached hydrogen (secondary N) is 1. The first-order chi connectivity index (χ1) is 7.58. The molecular formula is C14H20ClN. The molecule has 0 aliphatic carbocycles. The van der Waals surface area contributed by atoms with E-state index in [1.165, 1.54) is 16.7 Å². The molecule has 0 heterocycles. The second kappa shape index (κ2) is 6.07. The van der Waals surface area contributed by atoms with Crippen LogP contribution >= 0.6 is 11.6 Å². The Morgan fingerprint density at radius 1 is 1.50 bits per heavy atom. The molecule has 0 saturated carbocycles. The van der Waals surface area contributed by atoms with Crippen molar-refractivity contribution in [3.05, 3.63) is 46.5 Å². The van der Waals surface area contributed by atoms with Crippen LogP contribution in [0.3, 0.4) is 0 Å². The van der Waals surface area contributed by atoms with Gasteiger partial charge in [0.1, 0.15) is 0 Å². The largest absolute Gasteiger partial charge is 0.313 e. The number of hydrogen-bond acceptors (Lipinski definition) is 1. The van der Waals surface area contributed by atoms with Crippen LogP contribution in [0, 0.1) is 6.92 Å². The van der Waals surface area contributed by atoms with E-state index >= 15 is 0 Å². The molecule has 2 heteroatoms. The summed E-state index contributed by atoms with van der Waals surface area (Å²) in [6.45, 7) is 8.31. The molecule has 0 aromatic heterocycles. The van der Waals surface area contributed by atoms with Gasteiger partial charge in [-0.1, -0.05) is 36.7 Å². The van der Waals surface area contributed by atoms with Gasteiger partial charge in [-0.3, -0.25) is 0 Å². The minimum atomic E-state index is 0.338. The maximum absolute atomic E-state index is 5.96. The lowest BCUT2D eigenvalue weighted by Crippen LogP contribution is -2.17. The third kappa shape index (κ3) is 3.36. The molecule has 1 atom stereocenters. The highest BCUT2D eigenvalue weighted by molar-refractivity contribution is 6.30. The fourth-order valence-electron chi connectivity index (χ4n) is 1.83. The molecule has 16 heavy (non-hydrogen) atoms. The lowest BCUT2D eigenvalue weighted by Gasteiger charge is -2.19. The van der Waals surface area contributed by atoms with E-state index in [0.717, 1.165) is 17.9 Å². The molecule has 1 N–H and O–H groups in total. The molecule has 1 aromatic rings. The Morgan fingerprint density at radius 2 is 2.19 bits per heavy atom. The molecule has 0 aliphatic rings. The van der Waals surface area contributed by atoms with E-state index in [9.17, 15) is 0 Å². The first kappa shape index (κ1) is 13.3. The summed E-state index contributed by atoms with van der Waals surface area (Å²) in [7, 11) is 1.99. The monoisotopic (exact) mass is 237 g/mol. The Balaban J connectivity index is 2.90. The van der Waals surface area contributed by atoms with Crippen LogP contribution in [0.4, 0.5) is 0 Å². The number of rotatable bonds is 5.